The number of nitrogens with one attached hydrogen (secondary N) is 8. The zero-order valence-electron chi connectivity index (χ0n) is 40.8. The molecule has 5 rings (SSSR count). The highest BCUT2D eigenvalue weighted by Crippen LogP contribution is 2.20. The van der Waals surface area contributed by atoms with Crippen LogP contribution in [-0.4, -0.2) is 99.5 Å². The Morgan fingerprint density at radius 2 is 0.882 bits per heavy atom. The number of ketones is 1. The molecule has 5 atom stereocenters. The Bertz CT molecular complexity index is 2550. The summed E-state index contributed by atoms with van der Waals surface area (Å²) in [6.45, 7) is 17.0. The summed E-state index contributed by atoms with van der Waals surface area (Å²) in [4.78, 5) is 111. The molecule has 0 radical (unpaired) electrons. The lowest BCUT2D eigenvalue weighted by atomic mass is 9.92. The van der Waals surface area contributed by atoms with Gasteiger partial charge in [0.25, 0.3) is 0 Å². The average molecular weight is 931 g/mol. The van der Waals surface area contributed by atoms with E-state index in [1.165, 1.54) is 55.4 Å². The van der Waals surface area contributed by atoms with Gasteiger partial charge in [-0.05, 0) is 104 Å². The van der Waals surface area contributed by atoms with Crippen LogP contribution in [0.15, 0.2) is 97.1 Å². The monoisotopic (exact) mass is 931 g/mol. The Labute approximate surface area is 398 Å². The fraction of sp³-hybridized carbons (Fsp3) is 0.423. The molecule has 0 saturated carbocycles. The van der Waals surface area contributed by atoms with Gasteiger partial charge in [-0.3, -0.25) is 38.4 Å². The maximum Gasteiger partial charge on any atom is 0.245 e. The van der Waals surface area contributed by atoms with Crippen LogP contribution < -0.4 is 42.5 Å². The third kappa shape index (κ3) is 13.1. The Hall–Kier alpha value is -6.94. The summed E-state index contributed by atoms with van der Waals surface area (Å²) in [5.74, 6) is -4.88. The van der Waals surface area contributed by atoms with Crippen LogP contribution in [0.3, 0.4) is 0 Å². The van der Waals surface area contributed by atoms with Crippen molar-refractivity contribution in [2.75, 3.05) is 0 Å². The third-order valence-corrected chi connectivity index (χ3v) is 12.4. The Morgan fingerprint density at radius 1 is 0.456 bits per heavy atom. The van der Waals surface area contributed by atoms with Crippen molar-refractivity contribution in [3.63, 3.8) is 0 Å². The van der Waals surface area contributed by atoms with Gasteiger partial charge in [-0.15, -0.1) is 0 Å². The largest absolute Gasteiger partial charge is 0.348 e. The first-order valence-electron chi connectivity index (χ1n) is 22.8. The van der Waals surface area contributed by atoms with E-state index in [2.05, 4.69) is 42.5 Å². The van der Waals surface area contributed by atoms with Crippen molar-refractivity contribution in [1.82, 2.24) is 42.5 Å². The minimum atomic E-state index is -1.65. The van der Waals surface area contributed by atoms with E-state index in [0.717, 1.165) is 16.3 Å². The molecule has 4 aromatic carbocycles. The average Bonchev–Trinajstić information content (AvgIpc) is 3.27. The summed E-state index contributed by atoms with van der Waals surface area (Å²) in [6, 6.07) is 23.9. The predicted molar refractivity (Wildman–Crippen MR) is 260 cm³/mol. The summed E-state index contributed by atoms with van der Waals surface area (Å²) in [7, 11) is 0. The molecule has 4 aromatic rings. The molecule has 1 fully saturated rings. The van der Waals surface area contributed by atoms with Gasteiger partial charge < -0.3 is 42.5 Å². The molecule has 0 aromatic heterocycles. The molecule has 68 heavy (non-hydrogen) atoms. The molecular weight excluding hydrogens is 865 g/mol. The van der Waals surface area contributed by atoms with Crippen molar-refractivity contribution < 1.29 is 38.4 Å². The maximum absolute atomic E-state index is 14.3. The summed E-state index contributed by atoms with van der Waals surface area (Å²) in [6.07, 6.45) is 0.116. The molecule has 0 spiro atoms. The molecule has 8 N–H and O–H groups in total. The molecule has 7 amide bonds. The second-order valence-electron chi connectivity index (χ2n) is 19.9. The van der Waals surface area contributed by atoms with E-state index in [1.807, 2.05) is 42.5 Å². The van der Waals surface area contributed by atoms with E-state index >= 15 is 0 Å². The highest BCUT2D eigenvalue weighted by atomic mass is 16.2. The highest BCUT2D eigenvalue weighted by Gasteiger charge is 2.40. The zero-order valence-corrected chi connectivity index (χ0v) is 40.8. The second-order valence-corrected chi connectivity index (χ2v) is 19.9. The van der Waals surface area contributed by atoms with Gasteiger partial charge in [-0.25, -0.2) is 0 Å². The lowest BCUT2D eigenvalue weighted by molar-refractivity contribution is -0.138. The van der Waals surface area contributed by atoms with Crippen LogP contribution in [0.1, 0.15) is 103 Å². The van der Waals surface area contributed by atoms with Crippen LogP contribution in [-0.2, 0) is 46.4 Å². The van der Waals surface area contributed by atoms with Crippen molar-refractivity contribution >= 4 is 57.9 Å². The zero-order chi connectivity index (χ0) is 50.4. The van der Waals surface area contributed by atoms with E-state index in [4.69, 9.17) is 0 Å². The van der Waals surface area contributed by atoms with Crippen molar-refractivity contribution in [1.29, 1.82) is 0 Å². The van der Waals surface area contributed by atoms with E-state index in [-0.39, 0.29) is 18.6 Å². The van der Waals surface area contributed by atoms with Crippen molar-refractivity contribution in [2.45, 2.75) is 141 Å². The number of hydrogen-bond donors (Lipinski definition) is 8. The van der Waals surface area contributed by atoms with Crippen LogP contribution in [0.4, 0.5) is 0 Å². The Balaban J connectivity index is 1.44. The first kappa shape index (κ1) is 52.0. The van der Waals surface area contributed by atoms with E-state index in [9.17, 15) is 38.4 Å². The quantitative estimate of drug-likeness (QED) is 0.133. The molecule has 362 valence electrons. The van der Waals surface area contributed by atoms with Gasteiger partial charge in [0.15, 0.2) is 5.78 Å². The number of rotatable bonds is 6. The number of benzene rings is 4. The minimum absolute atomic E-state index is 0.0877. The van der Waals surface area contributed by atoms with Gasteiger partial charge in [-0.2, -0.15) is 0 Å². The normalized spacial score (nSPS) is 24.1. The van der Waals surface area contributed by atoms with E-state index in [0.29, 0.717) is 16.7 Å². The molecule has 0 bridgehead atoms. The summed E-state index contributed by atoms with van der Waals surface area (Å²) in [5, 5.41) is 24.6. The Morgan fingerprint density at radius 3 is 1.44 bits per heavy atom. The van der Waals surface area contributed by atoms with Crippen molar-refractivity contribution in [3.8, 4) is 0 Å². The van der Waals surface area contributed by atoms with Gasteiger partial charge in [0, 0.05) is 29.1 Å². The molecule has 1 aliphatic heterocycles. The van der Waals surface area contributed by atoms with Crippen LogP contribution in [0, 0.1) is 0 Å². The van der Waals surface area contributed by atoms with Crippen molar-refractivity contribution in [3.05, 3.63) is 119 Å². The maximum atomic E-state index is 14.3. The molecule has 4 unspecified atom stereocenters. The topological polar surface area (TPSA) is 233 Å². The molecule has 1 heterocycles. The van der Waals surface area contributed by atoms with Gasteiger partial charge in [0.05, 0.1) is 6.04 Å². The smallest absolute Gasteiger partial charge is 0.245 e. The van der Waals surface area contributed by atoms with Crippen molar-refractivity contribution in [2.24, 2.45) is 0 Å². The van der Waals surface area contributed by atoms with Gasteiger partial charge in [-0.1, -0.05) is 97.1 Å². The first-order chi connectivity index (χ1) is 31.7. The van der Waals surface area contributed by atoms with Crippen LogP contribution in [0.2, 0.25) is 0 Å². The lowest BCUT2D eigenvalue weighted by Gasteiger charge is -2.38. The number of carbonyl (C=O) groups excluding carboxylic acids is 8. The minimum Gasteiger partial charge on any atom is -0.348 e. The fourth-order valence-corrected chi connectivity index (χ4v) is 7.47. The highest BCUT2D eigenvalue weighted by molar-refractivity contribution is 6.09. The molecular formula is C52H66N8O8. The third-order valence-electron chi connectivity index (χ3n) is 12.4. The molecule has 16 heteroatoms. The van der Waals surface area contributed by atoms with Crippen LogP contribution in [0.5, 0.6) is 0 Å². The number of hydrogen-bond acceptors (Lipinski definition) is 9. The van der Waals surface area contributed by atoms with Crippen LogP contribution >= 0.6 is 0 Å². The van der Waals surface area contributed by atoms with Gasteiger partial charge in [0.2, 0.25) is 41.4 Å². The first-order valence-corrected chi connectivity index (χ1v) is 22.8. The molecule has 1 saturated heterocycles. The van der Waals surface area contributed by atoms with E-state index in [1.54, 1.807) is 75.4 Å². The summed E-state index contributed by atoms with van der Waals surface area (Å²) < 4.78 is 0. The second kappa shape index (κ2) is 20.9. The standard InChI is InChI=1S/C52H66N8O8/c1-30-42(62)57-49(4,5)32(3)55-39(29-34-23-24-35-17-15-16-20-38(35)27-34)44(64)59-50(6,7)46(66)54-31(2)43(63)58-52(10,11)48(68)56-40(45(65)60-51(8,9)47(67)53-30)28-33-21-25-37(26-22-33)41(61)36-18-13-12-14-19-36/h12-27,30-32,39-40,55H,28-29H2,1-11H3,(H,53,67)(H,54,66)(H,56,68)(H,57,62)(H,58,63)(H,59,64)(H,60,65)/t30?,31?,32-,39?,40?/m0/s1. The van der Waals surface area contributed by atoms with Crippen LogP contribution in [0.25, 0.3) is 10.8 Å². The molecule has 16 nitrogen and oxygen atoms in total. The predicted octanol–water partition coefficient (Wildman–Crippen LogP) is 3.29. The Kier molecular flexibility index (Phi) is 16.0. The van der Waals surface area contributed by atoms with Gasteiger partial charge in [0.1, 0.15) is 34.7 Å². The van der Waals surface area contributed by atoms with Gasteiger partial charge >= 0.3 is 0 Å². The fourth-order valence-electron chi connectivity index (χ4n) is 7.47. The number of amides is 7. The summed E-state index contributed by atoms with van der Waals surface area (Å²) in [5.41, 5.74) is -3.53. The molecule has 0 aliphatic carbocycles. The summed E-state index contributed by atoms with van der Waals surface area (Å²) >= 11 is 0. The molecule has 1 aliphatic rings. The number of carbonyl (C=O) groups is 8. The SMILES string of the molecule is CC1NC(=O)C(C)(C)NC(=O)C(Cc2ccc(C(=O)c3ccccc3)cc2)NC(=O)C(C)(C)NC(=O)C(C)NC(=O)C(C)(C)NC(=O)C(Cc2ccc3ccccc3c2)N[C@@H](C)C(C)(C)NC1=O. The number of fused-ring (bicyclic) bond motifs is 1. The van der Waals surface area contributed by atoms with E-state index < -0.39 is 93.7 Å². The lowest BCUT2D eigenvalue weighted by Crippen LogP contribution is -2.67.